The summed E-state index contributed by atoms with van der Waals surface area (Å²) in [5.41, 5.74) is 0.0488. The van der Waals surface area contributed by atoms with Crippen LogP contribution in [0.25, 0.3) is 0 Å². The fourth-order valence-corrected chi connectivity index (χ4v) is 2.34. The van der Waals surface area contributed by atoms with Crippen molar-refractivity contribution >= 4 is 17.5 Å². The Balaban J connectivity index is 2.16. The molecule has 1 aromatic carbocycles. The van der Waals surface area contributed by atoms with Crippen molar-refractivity contribution in [1.82, 2.24) is 4.90 Å². The summed E-state index contributed by atoms with van der Waals surface area (Å²) in [5.74, 6) is -1.64. The molecule has 2 atom stereocenters. The van der Waals surface area contributed by atoms with E-state index < -0.39 is 11.6 Å². The number of carbonyl (C=O) groups excluding carboxylic acids is 1. The first-order valence-corrected chi connectivity index (χ1v) is 6.30. The zero-order chi connectivity index (χ0) is 13.3. The topological polar surface area (TPSA) is 20.3 Å². The Kier molecular flexibility index (Phi) is 3.85. The molecule has 1 saturated heterocycles. The second-order valence-electron chi connectivity index (χ2n) is 4.69. The summed E-state index contributed by atoms with van der Waals surface area (Å²) in [5, 5.41) is 0.0540. The predicted octanol–water partition coefficient (Wildman–Crippen LogP) is 3.05. The van der Waals surface area contributed by atoms with Crippen molar-refractivity contribution in [2.24, 2.45) is 5.92 Å². The molecule has 0 saturated carbocycles. The van der Waals surface area contributed by atoms with Gasteiger partial charge in [-0.25, -0.2) is 8.78 Å². The average molecular weight is 274 g/mol. The summed E-state index contributed by atoms with van der Waals surface area (Å²) >= 11 is 6.08. The summed E-state index contributed by atoms with van der Waals surface area (Å²) in [6.45, 7) is 3.00. The molecule has 0 spiro atoms. The van der Waals surface area contributed by atoms with Crippen LogP contribution in [0.1, 0.15) is 23.7 Å². The summed E-state index contributed by atoms with van der Waals surface area (Å²) in [6, 6.07) is 2.87. The molecular formula is C13H14ClF2NO. The van der Waals surface area contributed by atoms with Gasteiger partial charge < -0.3 is 4.90 Å². The maximum absolute atomic E-state index is 13.1. The van der Waals surface area contributed by atoms with Crippen molar-refractivity contribution in [3.63, 3.8) is 0 Å². The monoisotopic (exact) mass is 273 g/mol. The molecule has 0 N–H and O–H groups in total. The minimum atomic E-state index is -0.737. The maximum atomic E-state index is 13.1. The third-order valence-corrected chi connectivity index (χ3v) is 3.85. The Labute approximate surface area is 110 Å². The van der Waals surface area contributed by atoms with Crippen LogP contribution in [0.3, 0.4) is 0 Å². The molecule has 1 aliphatic rings. The molecule has 18 heavy (non-hydrogen) atoms. The van der Waals surface area contributed by atoms with E-state index in [0.717, 1.165) is 18.2 Å². The SMILES string of the molecule is CC1CN(C(=O)c2cc(F)cc(F)c2)CCC1Cl. The molecule has 0 aromatic heterocycles. The first-order valence-electron chi connectivity index (χ1n) is 5.87. The van der Waals surface area contributed by atoms with Gasteiger partial charge in [-0.05, 0) is 24.5 Å². The molecular weight excluding hydrogens is 260 g/mol. The van der Waals surface area contributed by atoms with Crippen LogP contribution in [0.15, 0.2) is 18.2 Å². The van der Waals surface area contributed by atoms with E-state index in [1.165, 1.54) is 0 Å². The number of amides is 1. The van der Waals surface area contributed by atoms with Gasteiger partial charge in [0.15, 0.2) is 0 Å². The molecule has 2 nitrogen and oxygen atoms in total. The Morgan fingerprint density at radius 1 is 1.33 bits per heavy atom. The van der Waals surface area contributed by atoms with Gasteiger partial charge in [-0.3, -0.25) is 4.79 Å². The molecule has 2 rings (SSSR count). The first-order chi connectivity index (χ1) is 8.47. The number of piperidine rings is 1. The van der Waals surface area contributed by atoms with E-state index in [0.29, 0.717) is 19.5 Å². The van der Waals surface area contributed by atoms with Crippen molar-refractivity contribution < 1.29 is 13.6 Å². The lowest BCUT2D eigenvalue weighted by Gasteiger charge is -2.34. The van der Waals surface area contributed by atoms with Crippen molar-refractivity contribution in [3.05, 3.63) is 35.4 Å². The molecule has 0 aliphatic carbocycles. The number of halogens is 3. The molecule has 98 valence electrons. The van der Waals surface area contributed by atoms with Crippen molar-refractivity contribution in [2.45, 2.75) is 18.7 Å². The second-order valence-corrected chi connectivity index (χ2v) is 5.25. The van der Waals surface area contributed by atoms with Crippen LogP contribution in [-0.2, 0) is 0 Å². The zero-order valence-corrected chi connectivity index (χ0v) is 10.8. The Bertz CT molecular complexity index is 446. The lowest BCUT2D eigenvalue weighted by molar-refractivity contribution is 0.0686. The molecule has 2 unspecified atom stereocenters. The van der Waals surface area contributed by atoms with Crippen LogP contribution in [0, 0.1) is 17.6 Å². The van der Waals surface area contributed by atoms with Crippen molar-refractivity contribution in [3.8, 4) is 0 Å². The summed E-state index contributed by atoms with van der Waals surface area (Å²) < 4.78 is 26.1. The normalized spacial score (nSPS) is 24.1. The molecule has 1 aromatic rings. The Hall–Kier alpha value is -1.16. The highest BCUT2D eigenvalue weighted by atomic mass is 35.5. The van der Waals surface area contributed by atoms with Gasteiger partial charge in [-0.15, -0.1) is 11.6 Å². The Morgan fingerprint density at radius 2 is 1.94 bits per heavy atom. The molecule has 5 heteroatoms. The fraction of sp³-hybridized carbons (Fsp3) is 0.462. The van der Waals surface area contributed by atoms with Gasteiger partial charge >= 0.3 is 0 Å². The quantitative estimate of drug-likeness (QED) is 0.720. The van der Waals surface area contributed by atoms with Crippen LogP contribution in [0.2, 0.25) is 0 Å². The van der Waals surface area contributed by atoms with Crippen LogP contribution >= 0.6 is 11.6 Å². The number of rotatable bonds is 1. The Morgan fingerprint density at radius 3 is 2.50 bits per heavy atom. The number of hydrogen-bond acceptors (Lipinski definition) is 1. The number of alkyl halides is 1. The minimum absolute atomic E-state index is 0.0488. The van der Waals surface area contributed by atoms with Crippen molar-refractivity contribution in [2.75, 3.05) is 13.1 Å². The van der Waals surface area contributed by atoms with Gasteiger partial charge in [0, 0.05) is 30.1 Å². The lowest BCUT2D eigenvalue weighted by Crippen LogP contribution is -2.43. The van der Waals surface area contributed by atoms with Gasteiger partial charge in [0.2, 0.25) is 0 Å². The summed E-state index contributed by atoms with van der Waals surface area (Å²) in [6.07, 6.45) is 0.701. The minimum Gasteiger partial charge on any atom is -0.338 e. The smallest absolute Gasteiger partial charge is 0.254 e. The first kappa shape index (κ1) is 13.3. The lowest BCUT2D eigenvalue weighted by atomic mass is 9.99. The molecule has 0 radical (unpaired) electrons. The third-order valence-electron chi connectivity index (χ3n) is 3.20. The van der Waals surface area contributed by atoms with E-state index >= 15 is 0 Å². The summed E-state index contributed by atoms with van der Waals surface area (Å²) in [4.78, 5) is 13.7. The number of hydrogen-bond donors (Lipinski definition) is 0. The van der Waals surface area contributed by atoms with E-state index in [2.05, 4.69) is 0 Å². The highest BCUT2D eigenvalue weighted by molar-refractivity contribution is 6.20. The molecule has 0 bridgehead atoms. The number of nitrogens with zero attached hydrogens (tertiary/aromatic N) is 1. The molecule has 1 heterocycles. The van der Waals surface area contributed by atoms with E-state index in [1.807, 2.05) is 6.92 Å². The largest absolute Gasteiger partial charge is 0.338 e. The third kappa shape index (κ3) is 2.80. The highest BCUT2D eigenvalue weighted by Gasteiger charge is 2.28. The van der Waals surface area contributed by atoms with Gasteiger partial charge in [0.25, 0.3) is 5.91 Å². The molecule has 1 fully saturated rings. The van der Waals surface area contributed by atoms with Crippen LogP contribution < -0.4 is 0 Å². The van der Waals surface area contributed by atoms with E-state index in [4.69, 9.17) is 11.6 Å². The number of carbonyl (C=O) groups is 1. The molecule has 1 amide bonds. The van der Waals surface area contributed by atoms with Crippen LogP contribution in [-0.4, -0.2) is 29.3 Å². The average Bonchev–Trinajstić information content (AvgIpc) is 2.30. The van der Waals surface area contributed by atoms with Crippen LogP contribution in [0.5, 0.6) is 0 Å². The number of likely N-dealkylation sites (tertiary alicyclic amines) is 1. The summed E-state index contributed by atoms with van der Waals surface area (Å²) in [7, 11) is 0. The van der Waals surface area contributed by atoms with Gasteiger partial charge in [-0.1, -0.05) is 6.92 Å². The molecule has 1 aliphatic heterocycles. The van der Waals surface area contributed by atoms with E-state index in [9.17, 15) is 13.6 Å². The zero-order valence-electron chi connectivity index (χ0n) is 10.00. The van der Waals surface area contributed by atoms with E-state index in [1.54, 1.807) is 4.90 Å². The predicted molar refractivity (Wildman–Crippen MR) is 65.7 cm³/mol. The number of benzene rings is 1. The van der Waals surface area contributed by atoms with Gasteiger partial charge in [0.1, 0.15) is 11.6 Å². The van der Waals surface area contributed by atoms with Crippen molar-refractivity contribution in [1.29, 1.82) is 0 Å². The van der Waals surface area contributed by atoms with Crippen LogP contribution in [0.4, 0.5) is 8.78 Å². The maximum Gasteiger partial charge on any atom is 0.254 e. The second kappa shape index (κ2) is 5.22. The fourth-order valence-electron chi connectivity index (χ4n) is 2.16. The highest BCUT2D eigenvalue weighted by Crippen LogP contribution is 2.23. The van der Waals surface area contributed by atoms with E-state index in [-0.39, 0.29) is 22.8 Å². The van der Waals surface area contributed by atoms with Gasteiger partial charge in [0.05, 0.1) is 0 Å². The van der Waals surface area contributed by atoms with Gasteiger partial charge in [-0.2, -0.15) is 0 Å². The standard InChI is InChI=1S/C13H14ClF2NO/c1-8-7-17(3-2-12(8)14)13(18)9-4-10(15)6-11(16)5-9/h4-6,8,12H,2-3,7H2,1H3.